The zero-order valence-electron chi connectivity index (χ0n) is 13.4. The number of rotatable bonds is 5. The van der Waals surface area contributed by atoms with Crippen molar-refractivity contribution in [3.8, 4) is 0 Å². The van der Waals surface area contributed by atoms with E-state index in [0.717, 1.165) is 17.7 Å². The molecule has 0 aliphatic carbocycles. The maximum Gasteiger partial charge on any atom is 0.277 e. The van der Waals surface area contributed by atoms with Crippen LogP contribution in [0.3, 0.4) is 0 Å². The number of carbonyl (C=O) groups excluding carboxylic acids is 1. The fourth-order valence-corrected chi connectivity index (χ4v) is 2.54. The number of aryl methyl sites for hydroxylation is 2. The van der Waals surface area contributed by atoms with Crippen molar-refractivity contribution in [2.45, 2.75) is 26.3 Å². The molecule has 6 heteroatoms. The summed E-state index contributed by atoms with van der Waals surface area (Å²) in [5, 5.41) is 11.3. The summed E-state index contributed by atoms with van der Waals surface area (Å²) in [6.45, 7) is 2.23. The molecule has 0 spiro atoms. The molecule has 0 atom stereocenters. The number of hydrogen-bond acceptors (Lipinski definition) is 4. The van der Waals surface area contributed by atoms with Crippen molar-refractivity contribution >= 4 is 22.5 Å². The lowest BCUT2D eigenvalue weighted by molar-refractivity contribution is -0.116. The van der Waals surface area contributed by atoms with Gasteiger partial charge in [-0.15, -0.1) is 5.10 Å². The third-order valence-electron chi connectivity index (χ3n) is 3.85. The van der Waals surface area contributed by atoms with Crippen LogP contribution in [0, 0.1) is 0 Å². The van der Waals surface area contributed by atoms with Gasteiger partial charge in [-0.2, -0.15) is 0 Å². The Balaban J connectivity index is 1.71. The van der Waals surface area contributed by atoms with Gasteiger partial charge >= 0.3 is 0 Å². The van der Waals surface area contributed by atoms with Crippen molar-refractivity contribution in [1.82, 2.24) is 15.0 Å². The molecular formula is C18H18N4O2. The molecule has 1 aromatic heterocycles. The van der Waals surface area contributed by atoms with Crippen LogP contribution in [0.4, 0.5) is 5.69 Å². The molecule has 1 N–H and O–H groups in total. The van der Waals surface area contributed by atoms with Gasteiger partial charge in [0.25, 0.3) is 5.56 Å². The van der Waals surface area contributed by atoms with Gasteiger partial charge in [-0.05, 0) is 30.2 Å². The van der Waals surface area contributed by atoms with Gasteiger partial charge in [0.2, 0.25) is 5.91 Å². The molecule has 0 radical (unpaired) electrons. The van der Waals surface area contributed by atoms with E-state index in [1.807, 2.05) is 31.2 Å². The summed E-state index contributed by atoms with van der Waals surface area (Å²) in [6, 6.07) is 14.7. The minimum Gasteiger partial charge on any atom is -0.326 e. The van der Waals surface area contributed by atoms with Gasteiger partial charge < -0.3 is 5.32 Å². The van der Waals surface area contributed by atoms with E-state index in [0.29, 0.717) is 10.9 Å². The van der Waals surface area contributed by atoms with Crippen molar-refractivity contribution in [3.05, 3.63) is 64.4 Å². The van der Waals surface area contributed by atoms with E-state index >= 15 is 0 Å². The number of anilines is 1. The Bertz CT molecular complexity index is 933. The topological polar surface area (TPSA) is 76.9 Å². The Kier molecular flexibility index (Phi) is 4.65. The van der Waals surface area contributed by atoms with Gasteiger partial charge in [-0.25, -0.2) is 4.68 Å². The number of benzene rings is 2. The molecule has 3 rings (SSSR count). The Morgan fingerprint density at radius 1 is 1.12 bits per heavy atom. The molecule has 0 unspecified atom stereocenters. The monoisotopic (exact) mass is 322 g/mol. The predicted octanol–water partition coefficient (Wildman–Crippen LogP) is 2.38. The van der Waals surface area contributed by atoms with Crippen LogP contribution in [0.2, 0.25) is 0 Å². The molecule has 0 aliphatic heterocycles. The molecule has 0 aliphatic rings. The second-order valence-electron chi connectivity index (χ2n) is 5.44. The zero-order valence-corrected chi connectivity index (χ0v) is 13.4. The quantitative estimate of drug-likeness (QED) is 0.782. The van der Waals surface area contributed by atoms with Crippen molar-refractivity contribution in [3.63, 3.8) is 0 Å². The molecular weight excluding hydrogens is 304 g/mol. The van der Waals surface area contributed by atoms with Gasteiger partial charge in [0.15, 0.2) is 0 Å². The van der Waals surface area contributed by atoms with E-state index in [1.165, 1.54) is 4.68 Å². The minimum absolute atomic E-state index is 0.155. The number of aromatic nitrogens is 3. The van der Waals surface area contributed by atoms with Crippen LogP contribution in [-0.4, -0.2) is 20.9 Å². The standard InChI is InChI=1S/C18H18N4O2/c1-2-13-7-3-5-9-15(13)19-17(23)11-12-22-18(24)14-8-4-6-10-16(14)20-21-22/h3-10H,2,11-12H2,1H3,(H,19,23). The van der Waals surface area contributed by atoms with Gasteiger partial charge in [0.05, 0.1) is 11.9 Å². The van der Waals surface area contributed by atoms with Crippen LogP contribution in [0.15, 0.2) is 53.3 Å². The highest BCUT2D eigenvalue weighted by Crippen LogP contribution is 2.15. The Labute approximate surface area is 139 Å². The van der Waals surface area contributed by atoms with E-state index in [1.54, 1.807) is 24.3 Å². The number of hydrogen-bond donors (Lipinski definition) is 1. The summed E-state index contributed by atoms with van der Waals surface area (Å²) in [4.78, 5) is 24.5. The highest BCUT2D eigenvalue weighted by atomic mass is 16.2. The first-order chi connectivity index (χ1) is 11.7. The fourth-order valence-electron chi connectivity index (χ4n) is 2.54. The SMILES string of the molecule is CCc1ccccc1NC(=O)CCn1nnc2ccccc2c1=O. The Morgan fingerprint density at radius 3 is 2.71 bits per heavy atom. The molecule has 6 nitrogen and oxygen atoms in total. The number of nitrogens with zero attached hydrogens (tertiary/aromatic N) is 3. The van der Waals surface area contributed by atoms with Crippen molar-refractivity contribution in [1.29, 1.82) is 0 Å². The van der Waals surface area contributed by atoms with Crippen molar-refractivity contribution in [2.24, 2.45) is 0 Å². The second-order valence-corrected chi connectivity index (χ2v) is 5.44. The second kappa shape index (κ2) is 7.04. The van der Waals surface area contributed by atoms with Crippen LogP contribution < -0.4 is 10.9 Å². The average molecular weight is 322 g/mol. The summed E-state index contributed by atoms with van der Waals surface area (Å²) in [5.41, 5.74) is 2.21. The average Bonchev–Trinajstić information content (AvgIpc) is 2.62. The largest absolute Gasteiger partial charge is 0.326 e. The Morgan fingerprint density at radius 2 is 1.88 bits per heavy atom. The molecule has 122 valence electrons. The van der Waals surface area contributed by atoms with E-state index in [9.17, 15) is 9.59 Å². The number of para-hydroxylation sites is 1. The van der Waals surface area contributed by atoms with Crippen LogP contribution in [0.1, 0.15) is 18.9 Å². The van der Waals surface area contributed by atoms with E-state index in [-0.39, 0.29) is 24.4 Å². The normalized spacial score (nSPS) is 10.7. The fraction of sp³-hybridized carbons (Fsp3) is 0.222. The lowest BCUT2D eigenvalue weighted by Crippen LogP contribution is -2.26. The van der Waals surface area contributed by atoms with E-state index in [4.69, 9.17) is 0 Å². The summed E-state index contributed by atoms with van der Waals surface area (Å²) in [5.74, 6) is -0.155. The first-order valence-corrected chi connectivity index (χ1v) is 7.89. The number of amides is 1. The van der Waals surface area contributed by atoms with Gasteiger partial charge in [-0.1, -0.05) is 42.5 Å². The highest BCUT2D eigenvalue weighted by molar-refractivity contribution is 5.91. The molecule has 0 bridgehead atoms. The number of fused-ring (bicyclic) bond motifs is 1. The van der Waals surface area contributed by atoms with Crippen molar-refractivity contribution < 1.29 is 4.79 Å². The molecule has 24 heavy (non-hydrogen) atoms. The van der Waals surface area contributed by atoms with Gasteiger partial charge in [0, 0.05) is 12.1 Å². The summed E-state index contributed by atoms with van der Waals surface area (Å²) >= 11 is 0. The first-order valence-electron chi connectivity index (χ1n) is 7.89. The van der Waals surface area contributed by atoms with Gasteiger partial charge in [-0.3, -0.25) is 9.59 Å². The predicted molar refractivity (Wildman–Crippen MR) is 92.9 cm³/mol. The van der Waals surface area contributed by atoms with E-state index in [2.05, 4.69) is 15.6 Å². The molecule has 0 saturated carbocycles. The highest BCUT2D eigenvalue weighted by Gasteiger charge is 2.09. The lowest BCUT2D eigenvalue weighted by Gasteiger charge is -2.10. The smallest absolute Gasteiger partial charge is 0.277 e. The van der Waals surface area contributed by atoms with Crippen molar-refractivity contribution in [2.75, 3.05) is 5.32 Å². The van der Waals surface area contributed by atoms with Crippen LogP contribution in [0.5, 0.6) is 0 Å². The summed E-state index contributed by atoms with van der Waals surface area (Å²) in [6.07, 6.45) is 0.997. The molecule has 0 fully saturated rings. The third-order valence-corrected chi connectivity index (χ3v) is 3.85. The first kappa shape index (κ1) is 15.9. The molecule has 2 aromatic carbocycles. The number of nitrogens with one attached hydrogen (secondary N) is 1. The van der Waals surface area contributed by atoms with Crippen LogP contribution >= 0.6 is 0 Å². The summed E-state index contributed by atoms with van der Waals surface area (Å²) < 4.78 is 1.23. The zero-order chi connectivity index (χ0) is 16.9. The van der Waals surface area contributed by atoms with E-state index < -0.39 is 0 Å². The molecule has 0 saturated heterocycles. The third kappa shape index (κ3) is 3.32. The van der Waals surface area contributed by atoms with Gasteiger partial charge in [0.1, 0.15) is 5.52 Å². The maximum absolute atomic E-state index is 12.3. The number of carbonyl (C=O) groups is 1. The van der Waals surface area contributed by atoms with Crippen LogP contribution in [0.25, 0.3) is 10.9 Å². The molecule has 3 aromatic rings. The molecule has 1 heterocycles. The lowest BCUT2D eigenvalue weighted by atomic mass is 10.1. The minimum atomic E-state index is -0.234. The van der Waals surface area contributed by atoms with Crippen LogP contribution in [-0.2, 0) is 17.8 Å². The summed E-state index contributed by atoms with van der Waals surface area (Å²) in [7, 11) is 0. The Hall–Kier alpha value is -3.02. The molecule has 1 amide bonds. The maximum atomic E-state index is 12.3.